The Kier molecular flexibility index (Phi) is 5.11. The predicted octanol–water partition coefficient (Wildman–Crippen LogP) is 4.83. The van der Waals surface area contributed by atoms with E-state index in [1.807, 2.05) is 30.3 Å². The van der Waals surface area contributed by atoms with Crippen LogP contribution in [0.4, 0.5) is 0 Å². The topological polar surface area (TPSA) is 35.2 Å². The van der Waals surface area contributed by atoms with E-state index in [9.17, 15) is 0 Å². The second-order valence-electron chi connectivity index (χ2n) is 3.97. The van der Waals surface area contributed by atoms with Crippen LogP contribution in [0.3, 0.4) is 0 Å². The summed E-state index contributed by atoms with van der Waals surface area (Å²) in [5.74, 6) is 0.704. The summed E-state index contributed by atoms with van der Waals surface area (Å²) >= 11 is 15.2. The van der Waals surface area contributed by atoms with Crippen molar-refractivity contribution in [3.8, 4) is 5.75 Å². The summed E-state index contributed by atoms with van der Waals surface area (Å²) in [7, 11) is 0. The second-order valence-corrected chi connectivity index (χ2v) is 5.70. The van der Waals surface area contributed by atoms with E-state index in [4.69, 9.17) is 33.7 Å². The highest BCUT2D eigenvalue weighted by atomic mass is 79.9. The molecule has 0 spiro atoms. The van der Waals surface area contributed by atoms with Gasteiger partial charge in [0, 0.05) is 16.6 Å². The molecule has 0 saturated carbocycles. The Hall–Kier alpha value is -0.740. The van der Waals surface area contributed by atoms with E-state index in [0.29, 0.717) is 22.3 Å². The normalized spacial score (nSPS) is 12.2. The molecule has 2 nitrogen and oxygen atoms in total. The molecular weight excluding hydrogens is 349 g/mol. The molecule has 1 unspecified atom stereocenters. The lowest BCUT2D eigenvalue weighted by Gasteiger charge is -2.19. The van der Waals surface area contributed by atoms with Gasteiger partial charge < -0.3 is 10.5 Å². The average Bonchev–Trinajstić information content (AvgIpc) is 2.39. The van der Waals surface area contributed by atoms with Crippen LogP contribution in [0.25, 0.3) is 0 Å². The van der Waals surface area contributed by atoms with Crippen molar-refractivity contribution in [2.45, 2.75) is 6.10 Å². The lowest BCUT2D eigenvalue weighted by Crippen LogP contribution is -2.18. The smallest absolute Gasteiger partial charge is 0.136 e. The molecule has 0 saturated heterocycles. The summed E-state index contributed by atoms with van der Waals surface area (Å²) in [5, 5.41) is 1.34. The highest BCUT2D eigenvalue weighted by Crippen LogP contribution is 2.31. The molecule has 0 fully saturated rings. The number of nitrogens with two attached hydrogens (primary N) is 1. The van der Waals surface area contributed by atoms with Crippen LogP contribution in [0.5, 0.6) is 5.75 Å². The fourth-order valence-electron chi connectivity index (χ4n) is 1.65. The van der Waals surface area contributed by atoms with Gasteiger partial charge in [-0.1, -0.05) is 35.3 Å². The van der Waals surface area contributed by atoms with Crippen molar-refractivity contribution < 1.29 is 4.74 Å². The van der Waals surface area contributed by atoms with Gasteiger partial charge in [0.05, 0.1) is 4.47 Å². The predicted molar refractivity (Wildman–Crippen MR) is 83.0 cm³/mol. The largest absolute Gasteiger partial charge is 0.483 e. The molecule has 2 N–H and O–H groups in total. The Bertz CT molecular complexity index is 560. The molecular formula is C14H12BrCl2NO. The number of rotatable bonds is 4. The van der Waals surface area contributed by atoms with Crippen LogP contribution in [0.1, 0.15) is 11.7 Å². The Morgan fingerprint density at radius 1 is 1.05 bits per heavy atom. The van der Waals surface area contributed by atoms with E-state index in [1.165, 1.54) is 0 Å². The first kappa shape index (κ1) is 14.7. The highest BCUT2D eigenvalue weighted by Gasteiger charge is 2.13. The molecule has 2 aromatic carbocycles. The third-order valence-electron chi connectivity index (χ3n) is 2.62. The van der Waals surface area contributed by atoms with E-state index in [1.54, 1.807) is 12.1 Å². The van der Waals surface area contributed by atoms with Crippen LogP contribution in [0, 0.1) is 0 Å². The van der Waals surface area contributed by atoms with Gasteiger partial charge in [0.25, 0.3) is 0 Å². The van der Waals surface area contributed by atoms with E-state index < -0.39 is 0 Å². The van der Waals surface area contributed by atoms with Crippen LogP contribution in [-0.4, -0.2) is 6.54 Å². The van der Waals surface area contributed by atoms with Gasteiger partial charge in [-0.05, 0) is 51.8 Å². The van der Waals surface area contributed by atoms with Crippen LogP contribution in [0.15, 0.2) is 46.9 Å². The third kappa shape index (κ3) is 3.86. The molecule has 0 radical (unpaired) electrons. The Balaban J connectivity index is 2.21. The van der Waals surface area contributed by atoms with Crippen molar-refractivity contribution in [2.24, 2.45) is 5.73 Å². The van der Waals surface area contributed by atoms with E-state index in [-0.39, 0.29) is 6.10 Å². The number of hydrogen-bond donors (Lipinski definition) is 1. The van der Waals surface area contributed by atoms with Gasteiger partial charge in [0.15, 0.2) is 0 Å². The molecule has 2 rings (SSSR count). The zero-order valence-electron chi connectivity index (χ0n) is 9.95. The first-order valence-corrected chi connectivity index (χ1v) is 7.22. The van der Waals surface area contributed by atoms with Crippen molar-refractivity contribution in [1.29, 1.82) is 0 Å². The summed E-state index contributed by atoms with van der Waals surface area (Å²) in [5.41, 5.74) is 6.75. The first-order valence-electron chi connectivity index (χ1n) is 5.67. The highest BCUT2D eigenvalue weighted by molar-refractivity contribution is 9.10. The fourth-order valence-corrected chi connectivity index (χ4v) is 2.56. The number of hydrogen-bond acceptors (Lipinski definition) is 2. The minimum Gasteiger partial charge on any atom is -0.483 e. The minimum atomic E-state index is -0.227. The summed E-state index contributed by atoms with van der Waals surface area (Å²) in [6.07, 6.45) is -0.227. The van der Waals surface area contributed by atoms with Crippen LogP contribution >= 0.6 is 39.1 Å². The molecule has 0 aromatic heterocycles. The Morgan fingerprint density at radius 2 is 1.68 bits per heavy atom. The zero-order chi connectivity index (χ0) is 13.8. The van der Waals surface area contributed by atoms with Crippen molar-refractivity contribution in [1.82, 2.24) is 0 Å². The maximum absolute atomic E-state index is 5.90. The molecule has 1 atom stereocenters. The van der Waals surface area contributed by atoms with Gasteiger partial charge in [-0.3, -0.25) is 0 Å². The van der Waals surface area contributed by atoms with Crippen molar-refractivity contribution >= 4 is 39.1 Å². The number of ether oxygens (including phenoxy) is 1. The van der Waals surface area contributed by atoms with Gasteiger partial charge in [-0.25, -0.2) is 0 Å². The quantitative estimate of drug-likeness (QED) is 0.846. The van der Waals surface area contributed by atoms with Crippen molar-refractivity contribution in [2.75, 3.05) is 6.54 Å². The standard InChI is InChI=1S/C14H12BrCl2NO/c15-12-7-11(17)5-6-13(12)19-14(8-18)9-1-3-10(16)4-2-9/h1-7,14H,8,18H2. The molecule has 100 valence electrons. The van der Waals surface area contributed by atoms with E-state index in [0.717, 1.165) is 10.0 Å². The number of benzene rings is 2. The monoisotopic (exact) mass is 359 g/mol. The zero-order valence-corrected chi connectivity index (χ0v) is 13.0. The fraction of sp³-hybridized carbons (Fsp3) is 0.143. The molecule has 2 aromatic rings. The molecule has 0 aliphatic rings. The van der Waals surface area contributed by atoms with Crippen LogP contribution < -0.4 is 10.5 Å². The molecule has 0 aliphatic carbocycles. The molecule has 0 bridgehead atoms. The van der Waals surface area contributed by atoms with Gasteiger partial charge in [-0.2, -0.15) is 0 Å². The molecule has 19 heavy (non-hydrogen) atoms. The minimum absolute atomic E-state index is 0.227. The summed E-state index contributed by atoms with van der Waals surface area (Å²) in [4.78, 5) is 0. The maximum Gasteiger partial charge on any atom is 0.136 e. The molecule has 0 amide bonds. The molecule has 0 aliphatic heterocycles. The van der Waals surface area contributed by atoms with Gasteiger partial charge in [0.2, 0.25) is 0 Å². The van der Waals surface area contributed by atoms with Crippen LogP contribution in [0.2, 0.25) is 10.0 Å². The van der Waals surface area contributed by atoms with E-state index >= 15 is 0 Å². The molecule has 5 heteroatoms. The summed E-state index contributed by atoms with van der Waals surface area (Å²) in [6, 6.07) is 12.8. The average molecular weight is 361 g/mol. The van der Waals surface area contributed by atoms with Crippen LogP contribution in [-0.2, 0) is 0 Å². The Morgan fingerprint density at radius 3 is 2.26 bits per heavy atom. The lowest BCUT2D eigenvalue weighted by atomic mass is 10.1. The summed E-state index contributed by atoms with van der Waals surface area (Å²) < 4.78 is 6.70. The SMILES string of the molecule is NCC(Oc1ccc(Cl)cc1Br)c1ccc(Cl)cc1. The first-order chi connectivity index (χ1) is 9.10. The number of halogens is 3. The lowest BCUT2D eigenvalue weighted by molar-refractivity contribution is 0.213. The second kappa shape index (κ2) is 6.62. The third-order valence-corrected chi connectivity index (χ3v) is 3.73. The Labute approximate surface area is 130 Å². The van der Waals surface area contributed by atoms with Gasteiger partial charge in [-0.15, -0.1) is 0 Å². The maximum atomic E-state index is 5.90. The van der Waals surface area contributed by atoms with Gasteiger partial charge in [0.1, 0.15) is 11.9 Å². The summed E-state index contributed by atoms with van der Waals surface area (Å²) in [6.45, 7) is 0.372. The molecule has 0 heterocycles. The van der Waals surface area contributed by atoms with Crippen molar-refractivity contribution in [3.63, 3.8) is 0 Å². The van der Waals surface area contributed by atoms with E-state index in [2.05, 4.69) is 15.9 Å². The van der Waals surface area contributed by atoms with Crippen molar-refractivity contribution in [3.05, 3.63) is 62.5 Å². The van der Waals surface area contributed by atoms with Gasteiger partial charge >= 0.3 is 0 Å².